The van der Waals surface area contributed by atoms with Gasteiger partial charge < -0.3 is 10.1 Å². The van der Waals surface area contributed by atoms with Gasteiger partial charge in [-0.3, -0.25) is 4.79 Å². The van der Waals surface area contributed by atoms with Gasteiger partial charge in [-0.2, -0.15) is 18.3 Å². The largest absolute Gasteiger partial charge is 0.497 e. The maximum atomic E-state index is 12.9. The number of hydrogen-bond acceptors (Lipinski definition) is 5. The average molecular weight is 421 g/mol. The first kappa shape index (κ1) is 20.9. The van der Waals surface area contributed by atoms with Crippen molar-refractivity contribution in [3.8, 4) is 5.75 Å². The fourth-order valence-corrected chi connectivity index (χ4v) is 3.64. The zero-order valence-corrected chi connectivity index (χ0v) is 16.5. The lowest BCUT2D eigenvalue weighted by molar-refractivity contribution is -0.137. The van der Waals surface area contributed by atoms with Gasteiger partial charge in [0.2, 0.25) is 5.91 Å². The van der Waals surface area contributed by atoms with E-state index in [4.69, 9.17) is 4.74 Å². The first-order valence-corrected chi connectivity index (χ1v) is 9.54. The monoisotopic (exact) mass is 421 g/mol. The number of ether oxygens (including phenoxy) is 1. The van der Waals surface area contributed by atoms with Gasteiger partial charge in [0.1, 0.15) is 5.75 Å². The van der Waals surface area contributed by atoms with Crippen LogP contribution in [0.5, 0.6) is 5.75 Å². The van der Waals surface area contributed by atoms with Crippen molar-refractivity contribution in [2.24, 2.45) is 10.2 Å². The van der Waals surface area contributed by atoms with Crippen LogP contribution in [-0.4, -0.2) is 29.1 Å². The Bertz CT molecular complexity index is 956. The van der Waals surface area contributed by atoms with Gasteiger partial charge in [0.25, 0.3) is 0 Å². The Hall–Kier alpha value is -2.81. The smallest absolute Gasteiger partial charge is 0.416 e. The zero-order chi connectivity index (χ0) is 21.0. The van der Waals surface area contributed by atoms with Crippen molar-refractivity contribution in [1.82, 2.24) is 5.32 Å². The normalized spacial score (nSPS) is 18.8. The lowest BCUT2D eigenvalue weighted by atomic mass is 10.1. The molecule has 29 heavy (non-hydrogen) atoms. The van der Waals surface area contributed by atoms with Gasteiger partial charge in [-0.15, -0.1) is 5.10 Å². The summed E-state index contributed by atoms with van der Waals surface area (Å²) in [7, 11) is 1.58. The summed E-state index contributed by atoms with van der Waals surface area (Å²) >= 11 is 1.15. The number of amidine groups is 1. The van der Waals surface area contributed by atoms with Gasteiger partial charge in [-0.1, -0.05) is 30.0 Å². The van der Waals surface area contributed by atoms with E-state index in [1.54, 1.807) is 32.2 Å². The van der Waals surface area contributed by atoms with E-state index >= 15 is 0 Å². The summed E-state index contributed by atoms with van der Waals surface area (Å²) in [6.07, 6.45) is -4.25. The van der Waals surface area contributed by atoms with Crippen molar-refractivity contribution in [3.05, 3.63) is 65.2 Å². The Balaban J connectivity index is 1.68. The maximum Gasteiger partial charge on any atom is 0.416 e. The van der Waals surface area contributed by atoms with Crippen LogP contribution in [0, 0.1) is 0 Å². The number of methoxy groups -OCH3 is 1. The molecule has 1 aliphatic rings. The van der Waals surface area contributed by atoms with Crippen molar-refractivity contribution in [3.63, 3.8) is 0 Å². The number of benzene rings is 2. The quantitative estimate of drug-likeness (QED) is 0.579. The molecule has 1 saturated heterocycles. The summed E-state index contributed by atoms with van der Waals surface area (Å²) in [6.45, 7) is 1.79. The Morgan fingerprint density at radius 3 is 2.59 bits per heavy atom. The predicted molar refractivity (Wildman–Crippen MR) is 107 cm³/mol. The molecule has 152 valence electrons. The number of carbonyl (C=O) groups excluding carboxylic acids is 1. The summed E-state index contributed by atoms with van der Waals surface area (Å²) < 4.78 is 43.7. The van der Waals surface area contributed by atoms with Crippen molar-refractivity contribution >= 4 is 28.5 Å². The molecule has 0 aliphatic carbocycles. The van der Waals surface area contributed by atoms with E-state index in [1.165, 1.54) is 6.07 Å². The lowest BCUT2D eigenvalue weighted by Crippen LogP contribution is -2.26. The number of alkyl halides is 3. The van der Waals surface area contributed by atoms with Crippen LogP contribution in [0.3, 0.4) is 0 Å². The number of thioether (sulfide) groups is 1. The van der Waals surface area contributed by atoms with Crippen LogP contribution in [0.4, 0.5) is 13.2 Å². The number of amides is 1. The Morgan fingerprint density at radius 1 is 1.21 bits per heavy atom. The van der Waals surface area contributed by atoms with E-state index in [0.717, 1.165) is 35.2 Å². The Kier molecular flexibility index (Phi) is 6.26. The first-order valence-electron chi connectivity index (χ1n) is 8.66. The molecule has 5 nitrogen and oxygen atoms in total. The van der Waals surface area contributed by atoms with Crippen LogP contribution < -0.4 is 10.1 Å². The average Bonchev–Trinajstić information content (AvgIpc) is 3.05. The first-order chi connectivity index (χ1) is 13.8. The summed E-state index contributed by atoms with van der Waals surface area (Å²) in [5, 5.41) is 10.6. The highest BCUT2D eigenvalue weighted by atomic mass is 32.2. The van der Waals surface area contributed by atoms with Gasteiger partial charge in [-0.05, 0) is 54.8 Å². The van der Waals surface area contributed by atoms with Crippen molar-refractivity contribution in [2.75, 3.05) is 7.11 Å². The van der Waals surface area contributed by atoms with Gasteiger partial charge in [0.15, 0.2) is 5.17 Å². The van der Waals surface area contributed by atoms with E-state index < -0.39 is 17.0 Å². The third kappa shape index (κ3) is 5.38. The number of nitrogens with zero attached hydrogens (tertiary/aromatic N) is 2. The topological polar surface area (TPSA) is 63.1 Å². The molecule has 1 aliphatic heterocycles. The van der Waals surface area contributed by atoms with Gasteiger partial charge >= 0.3 is 6.18 Å². The molecule has 1 fully saturated rings. The van der Waals surface area contributed by atoms with E-state index in [1.807, 2.05) is 12.1 Å². The highest BCUT2D eigenvalue weighted by molar-refractivity contribution is 8.15. The van der Waals surface area contributed by atoms with Crippen molar-refractivity contribution in [1.29, 1.82) is 0 Å². The Labute approximate surface area is 170 Å². The van der Waals surface area contributed by atoms with Crippen LogP contribution in [0.1, 0.15) is 23.6 Å². The summed E-state index contributed by atoms with van der Waals surface area (Å²) in [5.41, 5.74) is 1.21. The molecule has 1 amide bonds. The predicted octanol–water partition coefficient (Wildman–Crippen LogP) is 4.27. The molecule has 0 spiro atoms. The van der Waals surface area contributed by atoms with Crippen LogP contribution >= 0.6 is 11.8 Å². The molecule has 0 saturated carbocycles. The van der Waals surface area contributed by atoms with Crippen LogP contribution in [0.25, 0.3) is 0 Å². The number of nitrogens with one attached hydrogen (secondary N) is 1. The molecule has 1 unspecified atom stereocenters. The molecule has 9 heteroatoms. The molecule has 3 rings (SSSR count). The zero-order valence-electron chi connectivity index (χ0n) is 15.7. The molecule has 2 aromatic rings. The standard InChI is InChI=1S/C20H18F3N3O2S/c1-12(14-6-8-16(28-2)9-7-14)25-26-19-24-18(27)17(29-19)11-13-4-3-5-15(10-13)20(21,22)23/h3-10,17H,11H2,1-2H3,(H,24,26,27)/b25-12-. The molecule has 1 atom stereocenters. The van der Waals surface area contributed by atoms with Gasteiger partial charge in [0, 0.05) is 0 Å². The highest BCUT2D eigenvalue weighted by Crippen LogP contribution is 2.31. The second-order valence-electron chi connectivity index (χ2n) is 6.32. The molecule has 0 bridgehead atoms. The third-order valence-electron chi connectivity index (χ3n) is 4.25. The number of rotatable bonds is 5. The number of hydrogen-bond donors (Lipinski definition) is 1. The number of carbonyl (C=O) groups is 1. The maximum absolute atomic E-state index is 12.9. The molecule has 1 heterocycles. The highest BCUT2D eigenvalue weighted by Gasteiger charge is 2.33. The summed E-state index contributed by atoms with van der Waals surface area (Å²) in [4.78, 5) is 12.2. The van der Waals surface area contributed by atoms with Gasteiger partial charge in [-0.25, -0.2) is 0 Å². The van der Waals surface area contributed by atoms with E-state index in [9.17, 15) is 18.0 Å². The van der Waals surface area contributed by atoms with Crippen LogP contribution in [-0.2, 0) is 17.4 Å². The van der Waals surface area contributed by atoms with E-state index in [0.29, 0.717) is 16.4 Å². The summed E-state index contributed by atoms with van der Waals surface area (Å²) in [5.74, 6) is 0.423. The molecular weight excluding hydrogens is 403 g/mol. The number of halogens is 3. The van der Waals surface area contributed by atoms with Crippen LogP contribution in [0.15, 0.2) is 58.7 Å². The second kappa shape index (κ2) is 8.69. The lowest BCUT2D eigenvalue weighted by Gasteiger charge is -2.10. The fourth-order valence-electron chi connectivity index (χ4n) is 2.69. The van der Waals surface area contributed by atoms with Crippen molar-refractivity contribution < 1.29 is 22.7 Å². The van der Waals surface area contributed by atoms with E-state index in [-0.39, 0.29) is 12.3 Å². The van der Waals surface area contributed by atoms with Gasteiger partial charge in [0.05, 0.1) is 23.6 Å². The van der Waals surface area contributed by atoms with Crippen LogP contribution in [0.2, 0.25) is 0 Å². The third-order valence-corrected chi connectivity index (χ3v) is 5.32. The molecule has 0 radical (unpaired) electrons. The summed E-state index contributed by atoms with van der Waals surface area (Å²) in [6, 6.07) is 12.3. The Morgan fingerprint density at radius 2 is 1.93 bits per heavy atom. The minimum Gasteiger partial charge on any atom is -0.497 e. The molecule has 2 aromatic carbocycles. The van der Waals surface area contributed by atoms with Crippen molar-refractivity contribution in [2.45, 2.75) is 24.8 Å². The molecular formula is C20H18F3N3O2S. The minimum absolute atomic E-state index is 0.167. The molecule has 0 aromatic heterocycles. The minimum atomic E-state index is -4.42. The SMILES string of the molecule is COc1ccc(/C(C)=N\N=C2\NC(=O)C(Cc3cccc(C(F)(F)F)c3)S2)cc1. The fraction of sp³-hybridized carbons (Fsp3) is 0.250. The second-order valence-corrected chi connectivity index (χ2v) is 7.51. The molecule has 1 N–H and O–H groups in total. The van der Waals surface area contributed by atoms with E-state index in [2.05, 4.69) is 15.5 Å².